The Morgan fingerprint density at radius 1 is 1.16 bits per heavy atom. The predicted molar refractivity (Wildman–Crippen MR) is 115 cm³/mol. The molecule has 2 unspecified atom stereocenters. The normalized spacial score (nSPS) is 18.7. The molecule has 0 radical (unpaired) electrons. The molecule has 4 heterocycles. The van der Waals surface area contributed by atoms with Crippen LogP contribution in [0.4, 0.5) is 0 Å². The molecular formula is C21H23N5O4S. The summed E-state index contributed by atoms with van der Waals surface area (Å²) in [6, 6.07) is 6.43. The minimum Gasteiger partial charge on any atom is -0.408 e. The zero-order valence-electron chi connectivity index (χ0n) is 17.6. The zero-order chi connectivity index (χ0) is 21.9. The molecule has 9 nitrogen and oxygen atoms in total. The lowest BCUT2D eigenvalue weighted by molar-refractivity contribution is -0.133. The van der Waals surface area contributed by atoms with E-state index in [0.717, 1.165) is 17.0 Å². The molecule has 5 rings (SSSR count). The molecule has 2 aromatic heterocycles. The minimum atomic E-state index is -1.33. The second-order valence-corrected chi connectivity index (χ2v) is 9.50. The highest BCUT2D eigenvalue weighted by Crippen LogP contribution is 2.30. The van der Waals surface area contributed by atoms with Gasteiger partial charge in [0.15, 0.2) is 10.6 Å². The van der Waals surface area contributed by atoms with Crippen LogP contribution in [-0.4, -0.2) is 59.6 Å². The average Bonchev–Trinajstić information content (AvgIpc) is 3.47. The van der Waals surface area contributed by atoms with E-state index in [1.54, 1.807) is 36.2 Å². The summed E-state index contributed by atoms with van der Waals surface area (Å²) in [5.41, 5.74) is 3.31. The lowest BCUT2D eigenvalue weighted by Crippen LogP contribution is -2.39. The van der Waals surface area contributed by atoms with Gasteiger partial charge in [-0.05, 0) is 37.1 Å². The van der Waals surface area contributed by atoms with Crippen LogP contribution in [0.25, 0.3) is 11.1 Å². The summed E-state index contributed by atoms with van der Waals surface area (Å²) in [6.45, 7) is 5.66. The predicted octanol–water partition coefficient (Wildman–Crippen LogP) is 1.37. The van der Waals surface area contributed by atoms with Crippen LogP contribution in [0.15, 0.2) is 55.8 Å². The maximum Gasteiger partial charge on any atom is 0.420 e. The topological polar surface area (TPSA) is 93.6 Å². The van der Waals surface area contributed by atoms with Gasteiger partial charge in [-0.3, -0.25) is 9.36 Å². The van der Waals surface area contributed by atoms with Crippen molar-refractivity contribution in [3.8, 4) is 0 Å². The Morgan fingerprint density at radius 3 is 2.48 bits per heavy atom. The van der Waals surface area contributed by atoms with Crippen LogP contribution < -0.4 is 5.76 Å². The van der Waals surface area contributed by atoms with E-state index in [0.29, 0.717) is 42.3 Å². The molecular weight excluding hydrogens is 418 g/mol. The van der Waals surface area contributed by atoms with E-state index in [9.17, 15) is 13.8 Å². The second-order valence-electron chi connectivity index (χ2n) is 8.07. The van der Waals surface area contributed by atoms with Gasteiger partial charge in [0.1, 0.15) is 22.9 Å². The van der Waals surface area contributed by atoms with E-state index in [2.05, 4.69) is 4.98 Å². The number of aryl methyl sites for hydroxylation is 2. The number of carbonyl (C=O) groups excluding carboxylic acids is 1. The van der Waals surface area contributed by atoms with Gasteiger partial charge < -0.3 is 13.9 Å². The number of carbonyl (C=O) groups is 1. The molecule has 2 aliphatic rings. The van der Waals surface area contributed by atoms with E-state index in [4.69, 9.17) is 4.42 Å². The van der Waals surface area contributed by atoms with Crippen LogP contribution in [0.2, 0.25) is 0 Å². The van der Waals surface area contributed by atoms with Gasteiger partial charge >= 0.3 is 5.76 Å². The van der Waals surface area contributed by atoms with Crippen LogP contribution in [0.3, 0.4) is 0 Å². The molecule has 2 atom stereocenters. The fourth-order valence-electron chi connectivity index (χ4n) is 4.29. The van der Waals surface area contributed by atoms with Crippen LogP contribution in [0.5, 0.6) is 0 Å². The van der Waals surface area contributed by atoms with Crippen LogP contribution in [-0.2, 0) is 22.8 Å². The molecule has 1 amide bonds. The van der Waals surface area contributed by atoms with E-state index in [-0.39, 0.29) is 5.91 Å². The Bertz CT molecular complexity index is 1280. The molecule has 162 valence electrons. The number of hydrogen-bond acceptors (Lipinski definition) is 5. The molecule has 0 saturated heterocycles. The van der Waals surface area contributed by atoms with Gasteiger partial charge in [0, 0.05) is 39.4 Å². The van der Waals surface area contributed by atoms with Crippen molar-refractivity contribution in [2.75, 3.05) is 26.2 Å². The molecule has 0 bridgehead atoms. The first-order valence-corrected chi connectivity index (χ1v) is 11.2. The monoisotopic (exact) mass is 441 g/mol. The number of amides is 1. The molecule has 0 spiro atoms. The molecule has 2 aliphatic heterocycles. The molecule has 0 aliphatic carbocycles. The first-order chi connectivity index (χ1) is 14.8. The van der Waals surface area contributed by atoms with Crippen LogP contribution in [0.1, 0.15) is 18.8 Å². The van der Waals surface area contributed by atoms with Gasteiger partial charge in [0.2, 0.25) is 5.91 Å². The van der Waals surface area contributed by atoms with Crippen LogP contribution in [0, 0.1) is 6.92 Å². The molecule has 0 N–H and O–H groups in total. The third-order valence-corrected chi connectivity index (χ3v) is 7.35. The number of rotatable bonds is 4. The number of fused-ring (bicyclic) bond motifs is 1. The Balaban J connectivity index is 1.28. The molecule has 0 saturated carbocycles. The highest BCUT2D eigenvalue weighted by Gasteiger charge is 2.37. The van der Waals surface area contributed by atoms with Crippen molar-refractivity contribution in [1.82, 2.24) is 23.3 Å². The molecule has 1 aromatic carbocycles. The second kappa shape index (κ2) is 7.31. The van der Waals surface area contributed by atoms with Crippen molar-refractivity contribution >= 4 is 28.0 Å². The minimum absolute atomic E-state index is 0.129. The van der Waals surface area contributed by atoms with Crippen molar-refractivity contribution in [3.63, 3.8) is 0 Å². The smallest absolute Gasteiger partial charge is 0.408 e. The van der Waals surface area contributed by atoms with Crippen molar-refractivity contribution in [2.24, 2.45) is 7.05 Å². The van der Waals surface area contributed by atoms with Crippen molar-refractivity contribution in [2.45, 2.75) is 24.9 Å². The number of para-hydroxylation sites is 2. The third kappa shape index (κ3) is 3.26. The summed E-state index contributed by atoms with van der Waals surface area (Å²) in [6.07, 6.45) is 1.79. The summed E-state index contributed by atoms with van der Waals surface area (Å²) in [4.78, 5) is 31.6. The van der Waals surface area contributed by atoms with E-state index in [1.807, 2.05) is 28.9 Å². The number of nitrogens with zero attached hydrogens (tertiary/aromatic N) is 5. The molecule has 10 heteroatoms. The van der Waals surface area contributed by atoms with Gasteiger partial charge in [-0.2, -0.15) is 0 Å². The van der Waals surface area contributed by atoms with Crippen molar-refractivity contribution < 1.29 is 13.4 Å². The van der Waals surface area contributed by atoms with Gasteiger partial charge in [-0.25, -0.2) is 18.3 Å². The van der Waals surface area contributed by atoms with Crippen molar-refractivity contribution in [3.05, 3.63) is 58.0 Å². The van der Waals surface area contributed by atoms with Crippen molar-refractivity contribution in [1.29, 1.82) is 0 Å². The maximum atomic E-state index is 13.2. The third-order valence-electron chi connectivity index (χ3n) is 6.07. The first kappa shape index (κ1) is 20.0. The zero-order valence-corrected chi connectivity index (χ0v) is 18.4. The average molecular weight is 442 g/mol. The quantitative estimate of drug-likeness (QED) is 0.570. The summed E-state index contributed by atoms with van der Waals surface area (Å²) >= 11 is 0. The summed E-state index contributed by atoms with van der Waals surface area (Å²) in [7, 11) is 0.547. The Labute approximate surface area is 181 Å². The summed E-state index contributed by atoms with van der Waals surface area (Å²) < 4.78 is 23.3. The Hall–Kier alpha value is -2.98. The fourth-order valence-corrected chi connectivity index (χ4v) is 5.56. The van der Waals surface area contributed by atoms with Gasteiger partial charge in [0.25, 0.3) is 0 Å². The van der Waals surface area contributed by atoms with E-state index >= 15 is 0 Å². The largest absolute Gasteiger partial charge is 0.420 e. The molecule has 31 heavy (non-hydrogen) atoms. The standard InChI is InChI=1S/C21H23N5O4S/c1-13(26-17-6-4-5-7-18(17)30-21(26)28)20(27)24-8-15-10-25(11-16(15)9-24)31(29)19-12-23(3)14(2)22-19/h4-7,12-13H,8-11H2,1-3H3. The lowest BCUT2D eigenvalue weighted by atomic mass is 10.2. The Morgan fingerprint density at radius 2 is 1.84 bits per heavy atom. The van der Waals surface area contributed by atoms with Gasteiger partial charge in [0.05, 0.1) is 5.52 Å². The Kier molecular flexibility index (Phi) is 4.71. The fraction of sp³-hybridized carbons (Fsp3) is 0.381. The van der Waals surface area contributed by atoms with Gasteiger partial charge in [-0.1, -0.05) is 12.1 Å². The number of benzene rings is 1. The highest BCUT2D eigenvalue weighted by molar-refractivity contribution is 7.82. The lowest BCUT2D eigenvalue weighted by Gasteiger charge is -2.24. The SMILES string of the molecule is Cc1nc(S(=O)N2CC3=C(CN(C(=O)C(C)n4c(=O)oc5ccccc54)C3)C2)cn1C. The molecule has 3 aromatic rings. The van der Waals surface area contributed by atoms with Crippen LogP contribution >= 0.6 is 0 Å². The highest BCUT2D eigenvalue weighted by atomic mass is 32.2. The number of oxazole rings is 1. The number of aromatic nitrogens is 3. The summed E-state index contributed by atoms with van der Waals surface area (Å²) in [5.74, 6) is 0.154. The van der Waals surface area contributed by atoms with Gasteiger partial charge in [-0.15, -0.1) is 0 Å². The molecule has 0 fully saturated rings. The van der Waals surface area contributed by atoms with E-state index < -0.39 is 22.8 Å². The number of hydrogen-bond donors (Lipinski definition) is 0. The maximum absolute atomic E-state index is 13.2. The summed E-state index contributed by atoms with van der Waals surface area (Å²) in [5, 5.41) is 0.550. The first-order valence-electron chi connectivity index (χ1n) is 10.1. The number of imidazole rings is 1. The van der Waals surface area contributed by atoms with E-state index in [1.165, 1.54) is 4.57 Å².